The maximum absolute atomic E-state index is 3.81. The average Bonchev–Trinajstić information content (AvgIpc) is 3.20. The fourth-order valence-electron chi connectivity index (χ4n) is 6.50. The van der Waals surface area contributed by atoms with Crippen molar-refractivity contribution < 1.29 is 0 Å². The molecule has 2 aliphatic rings. The molecule has 0 aliphatic heterocycles. The summed E-state index contributed by atoms with van der Waals surface area (Å²) in [4.78, 5) is 0. The van der Waals surface area contributed by atoms with Crippen LogP contribution in [0.2, 0.25) is 0 Å². The van der Waals surface area contributed by atoms with Crippen LogP contribution in [0.4, 0.5) is 11.4 Å². The van der Waals surface area contributed by atoms with Gasteiger partial charge in [-0.1, -0.05) is 111 Å². The number of fused-ring (bicyclic) bond motifs is 5. The quantitative estimate of drug-likeness (QED) is 0.293. The van der Waals surface area contributed by atoms with E-state index in [4.69, 9.17) is 0 Å². The number of hydrogen-bond donors (Lipinski definition) is 1. The number of benzene rings is 4. The summed E-state index contributed by atoms with van der Waals surface area (Å²) in [5, 5.41) is 3.81. The normalized spacial score (nSPS) is 23.4. The van der Waals surface area contributed by atoms with E-state index in [1.807, 2.05) is 0 Å². The van der Waals surface area contributed by atoms with E-state index < -0.39 is 0 Å². The van der Waals surface area contributed by atoms with Gasteiger partial charge in [0, 0.05) is 22.4 Å². The van der Waals surface area contributed by atoms with Crippen LogP contribution < -0.4 is 5.32 Å². The lowest BCUT2D eigenvalue weighted by Crippen LogP contribution is -2.26. The molecule has 2 aliphatic carbocycles. The second-order valence-electron chi connectivity index (χ2n) is 10.7. The zero-order chi connectivity index (χ0) is 24.5. The molecule has 0 fully saturated rings. The van der Waals surface area contributed by atoms with Crippen molar-refractivity contribution in [1.82, 2.24) is 0 Å². The van der Waals surface area contributed by atoms with Gasteiger partial charge in [-0.15, -0.1) is 0 Å². The Hall–Kier alpha value is -3.58. The Bertz CT molecular complexity index is 1400. The van der Waals surface area contributed by atoms with Gasteiger partial charge in [0.15, 0.2) is 0 Å². The first-order valence-electron chi connectivity index (χ1n) is 13.5. The smallest absolute Gasteiger partial charge is 0.0467 e. The van der Waals surface area contributed by atoms with Gasteiger partial charge in [0.1, 0.15) is 0 Å². The molecule has 3 atom stereocenters. The Labute approximate surface area is 215 Å². The highest BCUT2D eigenvalue weighted by Gasteiger charge is 2.42. The maximum atomic E-state index is 3.81. The molecule has 0 amide bonds. The summed E-state index contributed by atoms with van der Waals surface area (Å²) >= 11 is 0. The van der Waals surface area contributed by atoms with E-state index in [1.54, 1.807) is 0 Å². The summed E-state index contributed by atoms with van der Waals surface area (Å²) in [7, 11) is 0. The highest BCUT2D eigenvalue weighted by atomic mass is 14.9. The minimum Gasteiger partial charge on any atom is -0.355 e. The van der Waals surface area contributed by atoms with E-state index in [2.05, 4.69) is 128 Å². The fraction of sp³-hybridized carbons (Fsp3) is 0.257. The number of nitrogens with one attached hydrogen (secondary N) is 1. The monoisotopic (exact) mass is 469 g/mol. The number of rotatable bonds is 4. The van der Waals surface area contributed by atoms with Crippen molar-refractivity contribution in [2.75, 3.05) is 5.32 Å². The van der Waals surface area contributed by atoms with Gasteiger partial charge in [0.05, 0.1) is 0 Å². The molecule has 36 heavy (non-hydrogen) atoms. The van der Waals surface area contributed by atoms with Crippen molar-refractivity contribution in [2.24, 2.45) is 11.8 Å². The summed E-state index contributed by atoms with van der Waals surface area (Å²) in [6.45, 7) is 4.75. The lowest BCUT2D eigenvalue weighted by molar-refractivity contribution is 0.350. The molecule has 180 valence electrons. The van der Waals surface area contributed by atoms with E-state index in [0.29, 0.717) is 5.92 Å². The van der Waals surface area contributed by atoms with E-state index in [0.717, 1.165) is 11.6 Å². The van der Waals surface area contributed by atoms with Crippen LogP contribution in [0.1, 0.15) is 50.7 Å². The third-order valence-electron chi connectivity index (χ3n) is 8.41. The Kier molecular flexibility index (Phi) is 6.01. The van der Waals surface area contributed by atoms with Crippen molar-refractivity contribution in [3.05, 3.63) is 120 Å². The van der Waals surface area contributed by atoms with Crippen LogP contribution in [0.25, 0.3) is 22.3 Å². The topological polar surface area (TPSA) is 12.0 Å². The third kappa shape index (κ3) is 3.97. The van der Waals surface area contributed by atoms with Gasteiger partial charge in [0.2, 0.25) is 0 Å². The van der Waals surface area contributed by atoms with Crippen molar-refractivity contribution in [3.63, 3.8) is 0 Å². The van der Waals surface area contributed by atoms with Crippen LogP contribution in [-0.4, -0.2) is 0 Å². The molecule has 0 saturated heterocycles. The van der Waals surface area contributed by atoms with Gasteiger partial charge in [-0.2, -0.15) is 0 Å². The summed E-state index contributed by atoms with van der Waals surface area (Å²) in [6, 6.07) is 35.3. The molecular weight excluding hydrogens is 434 g/mol. The number of anilines is 2. The highest BCUT2D eigenvalue weighted by Crippen LogP contribution is 2.56. The van der Waals surface area contributed by atoms with Gasteiger partial charge in [-0.05, 0) is 77.1 Å². The first kappa shape index (κ1) is 22.9. The molecular formula is C35H35N. The summed E-state index contributed by atoms with van der Waals surface area (Å²) in [6.07, 6.45) is 10.1. The molecule has 0 heterocycles. The minimum absolute atomic E-state index is 0.0440. The number of hydrogen-bond acceptors (Lipinski definition) is 1. The molecule has 0 radical (unpaired) electrons. The van der Waals surface area contributed by atoms with Gasteiger partial charge < -0.3 is 5.32 Å². The standard InChI is InChI=1S/C35H35N/c1-3-26-20-22-35(21-19-25(2)23-26)31-16-8-7-15-30(31)34-32(35)17-10-18-33(34)36-29-14-9-13-28(24-29)27-11-5-4-6-12-27/h4-19,21,24-26,36H,3,20,22-23H2,1-2H3/b21-19+. The predicted octanol–water partition coefficient (Wildman–Crippen LogP) is 9.77. The zero-order valence-electron chi connectivity index (χ0n) is 21.4. The lowest BCUT2D eigenvalue weighted by atomic mass is 9.70. The molecule has 4 aromatic rings. The fourth-order valence-corrected chi connectivity index (χ4v) is 6.50. The SMILES string of the molecule is CCC1CCC2(/C=C/C(C)C1)c1ccccc1-c1c(Nc3cccc(-c4ccccc4)c3)cccc12. The van der Waals surface area contributed by atoms with Crippen molar-refractivity contribution >= 4 is 11.4 Å². The summed E-state index contributed by atoms with van der Waals surface area (Å²) in [5.74, 6) is 1.41. The molecule has 4 aromatic carbocycles. The van der Waals surface area contributed by atoms with E-state index in [9.17, 15) is 0 Å². The van der Waals surface area contributed by atoms with Crippen LogP contribution in [0, 0.1) is 11.8 Å². The molecule has 0 saturated carbocycles. The van der Waals surface area contributed by atoms with Gasteiger partial charge in [0.25, 0.3) is 0 Å². The van der Waals surface area contributed by atoms with Crippen molar-refractivity contribution in [2.45, 2.75) is 44.9 Å². The Morgan fingerprint density at radius 3 is 2.42 bits per heavy atom. The van der Waals surface area contributed by atoms with Crippen molar-refractivity contribution in [3.8, 4) is 22.3 Å². The second-order valence-corrected chi connectivity index (χ2v) is 10.7. The zero-order valence-corrected chi connectivity index (χ0v) is 21.4. The Morgan fingerprint density at radius 1 is 0.806 bits per heavy atom. The molecule has 1 spiro atoms. The predicted molar refractivity (Wildman–Crippen MR) is 154 cm³/mol. The molecule has 1 heteroatoms. The second kappa shape index (κ2) is 9.47. The number of allylic oxidation sites excluding steroid dienone is 2. The molecule has 1 nitrogen and oxygen atoms in total. The van der Waals surface area contributed by atoms with Crippen LogP contribution in [-0.2, 0) is 5.41 Å². The minimum atomic E-state index is -0.0440. The Morgan fingerprint density at radius 2 is 1.56 bits per heavy atom. The molecule has 6 rings (SSSR count). The largest absolute Gasteiger partial charge is 0.355 e. The molecule has 3 unspecified atom stereocenters. The first-order chi connectivity index (χ1) is 17.7. The van der Waals surface area contributed by atoms with E-state index >= 15 is 0 Å². The van der Waals surface area contributed by atoms with Gasteiger partial charge in [-0.25, -0.2) is 0 Å². The van der Waals surface area contributed by atoms with E-state index in [-0.39, 0.29) is 5.41 Å². The average molecular weight is 470 g/mol. The van der Waals surface area contributed by atoms with Gasteiger partial charge >= 0.3 is 0 Å². The van der Waals surface area contributed by atoms with Crippen LogP contribution in [0.5, 0.6) is 0 Å². The maximum Gasteiger partial charge on any atom is 0.0467 e. The van der Waals surface area contributed by atoms with Crippen molar-refractivity contribution in [1.29, 1.82) is 0 Å². The Balaban J connectivity index is 1.45. The van der Waals surface area contributed by atoms with Gasteiger partial charge in [-0.3, -0.25) is 0 Å². The van der Waals surface area contributed by atoms with E-state index in [1.165, 1.54) is 64.8 Å². The first-order valence-corrected chi connectivity index (χ1v) is 13.5. The van der Waals surface area contributed by atoms with Crippen LogP contribution >= 0.6 is 0 Å². The summed E-state index contributed by atoms with van der Waals surface area (Å²) < 4.78 is 0. The third-order valence-corrected chi connectivity index (χ3v) is 8.41. The molecule has 1 N–H and O–H groups in total. The molecule has 0 aromatic heterocycles. The van der Waals surface area contributed by atoms with Crippen LogP contribution in [0.15, 0.2) is 109 Å². The summed E-state index contributed by atoms with van der Waals surface area (Å²) in [5.41, 5.74) is 10.4. The lowest BCUT2D eigenvalue weighted by Gasteiger charge is -2.33. The van der Waals surface area contributed by atoms with Crippen LogP contribution in [0.3, 0.4) is 0 Å². The molecule has 0 bridgehead atoms. The highest BCUT2D eigenvalue weighted by molar-refractivity contribution is 5.92.